The Kier molecular flexibility index (Phi) is 3.35. The van der Waals surface area contributed by atoms with Crippen LogP contribution < -0.4 is 5.32 Å². The van der Waals surface area contributed by atoms with Crippen LogP contribution in [0.5, 0.6) is 0 Å². The Hall–Kier alpha value is 0.310. The molecule has 1 unspecified atom stereocenters. The van der Waals surface area contributed by atoms with Gasteiger partial charge in [0.25, 0.3) is 0 Å². The van der Waals surface area contributed by atoms with Crippen molar-refractivity contribution in [2.75, 3.05) is 6.54 Å². The van der Waals surface area contributed by atoms with E-state index >= 15 is 0 Å². The molecule has 2 heteroatoms. The molecule has 0 radical (unpaired) electrons. The Balaban J connectivity index is 1.69. The van der Waals surface area contributed by atoms with Crippen molar-refractivity contribution in [1.82, 2.24) is 5.32 Å². The van der Waals surface area contributed by atoms with Gasteiger partial charge >= 0.3 is 0 Å². The van der Waals surface area contributed by atoms with Gasteiger partial charge in [-0.05, 0) is 32.2 Å². The maximum Gasteiger partial charge on any atom is 0.0535 e. The fourth-order valence-electron chi connectivity index (χ4n) is 2.20. The lowest BCUT2D eigenvalue weighted by Gasteiger charge is -2.23. The van der Waals surface area contributed by atoms with E-state index in [4.69, 9.17) is 0 Å². The molecule has 1 atom stereocenters. The van der Waals surface area contributed by atoms with Crippen LogP contribution in [0.3, 0.4) is 0 Å². The third kappa shape index (κ3) is 2.40. The van der Waals surface area contributed by atoms with Gasteiger partial charge in [0.1, 0.15) is 0 Å². The molecule has 2 fully saturated rings. The molecule has 0 aromatic carbocycles. The summed E-state index contributed by atoms with van der Waals surface area (Å²) in [5.41, 5.74) is 0. The second kappa shape index (κ2) is 4.52. The molecular weight excluding hydrogens is 166 g/mol. The van der Waals surface area contributed by atoms with Gasteiger partial charge in [0.05, 0.1) is 5.37 Å². The Morgan fingerprint density at radius 3 is 2.42 bits per heavy atom. The second-order valence-corrected chi connectivity index (χ2v) is 5.49. The van der Waals surface area contributed by atoms with E-state index < -0.39 is 0 Å². The fraction of sp³-hybridized carbons (Fsp3) is 1.00. The summed E-state index contributed by atoms with van der Waals surface area (Å²) in [7, 11) is 0. The number of hydrogen-bond donors (Lipinski definition) is 1. The summed E-state index contributed by atoms with van der Waals surface area (Å²) in [6.45, 7) is 1.25. The molecule has 0 bridgehead atoms. The molecule has 1 nitrogen and oxygen atoms in total. The van der Waals surface area contributed by atoms with Crippen molar-refractivity contribution in [2.24, 2.45) is 0 Å². The highest BCUT2D eigenvalue weighted by atomic mass is 32.2. The molecule has 1 N–H and O–H groups in total. The van der Waals surface area contributed by atoms with Gasteiger partial charge in [0, 0.05) is 5.25 Å². The van der Waals surface area contributed by atoms with Crippen LogP contribution in [-0.4, -0.2) is 17.2 Å². The minimum atomic E-state index is 0.799. The predicted molar refractivity (Wildman–Crippen MR) is 55.5 cm³/mol. The normalized spacial score (nSPS) is 32.5. The molecule has 1 aliphatic heterocycles. The summed E-state index contributed by atoms with van der Waals surface area (Å²) in [6, 6.07) is 0. The molecule has 0 aromatic heterocycles. The largest absolute Gasteiger partial charge is 0.305 e. The topological polar surface area (TPSA) is 12.0 Å². The highest BCUT2D eigenvalue weighted by Crippen LogP contribution is 2.32. The number of rotatable bonds is 2. The van der Waals surface area contributed by atoms with Crippen LogP contribution >= 0.6 is 11.8 Å². The zero-order chi connectivity index (χ0) is 8.23. The number of nitrogens with one attached hydrogen (secondary N) is 1. The van der Waals surface area contributed by atoms with Crippen LogP contribution in [0.25, 0.3) is 0 Å². The van der Waals surface area contributed by atoms with Gasteiger partial charge in [0.2, 0.25) is 0 Å². The summed E-state index contributed by atoms with van der Waals surface area (Å²) in [6.07, 6.45) is 10.2. The quantitative estimate of drug-likeness (QED) is 0.710. The Morgan fingerprint density at radius 2 is 1.75 bits per heavy atom. The molecule has 1 aliphatic carbocycles. The maximum absolute atomic E-state index is 3.57. The van der Waals surface area contributed by atoms with Crippen LogP contribution in [0, 0.1) is 0 Å². The van der Waals surface area contributed by atoms with Gasteiger partial charge in [-0.2, -0.15) is 0 Å². The zero-order valence-corrected chi connectivity index (χ0v) is 8.54. The fourth-order valence-corrected chi connectivity index (χ4v) is 3.79. The summed E-state index contributed by atoms with van der Waals surface area (Å²) in [5, 5.41) is 5.35. The van der Waals surface area contributed by atoms with E-state index in [1.54, 1.807) is 0 Å². The predicted octanol–water partition coefficient (Wildman–Crippen LogP) is 2.76. The van der Waals surface area contributed by atoms with Gasteiger partial charge in [-0.3, -0.25) is 0 Å². The van der Waals surface area contributed by atoms with E-state index in [0.717, 1.165) is 10.6 Å². The Bertz CT molecular complexity index is 126. The minimum absolute atomic E-state index is 0.799. The third-order valence-electron chi connectivity index (χ3n) is 2.92. The van der Waals surface area contributed by atoms with Crippen molar-refractivity contribution in [3.8, 4) is 0 Å². The average Bonchev–Trinajstić information content (AvgIpc) is 2.59. The first-order valence-electron chi connectivity index (χ1n) is 5.34. The van der Waals surface area contributed by atoms with Gasteiger partial charge in [0.15, 0.2) is 0 Å². The van der Waals surface area contributed by atoms with E-state index in [0.29, 0.717) is 0 Å². The van der Waals surface area contributed by atoms with Crippen molar-refractivity contribution in [3.63, 3.8) is 0 Å². The Labute approximate surface area is 79.7 Å². The molecule has 0 aromatic rings. The third-order valence-corrected chi connectivity index (χ3v) is 4.51. The second-order valence-electron chi connectivity index (χ2n) is 3.98. The monoisotopic (exact) mass is 185 g/mol. The van der Waals surface area contributed by atoms with Gasteiger partial charge < -0.3 is 5.32 Å². The lowest BCUT2D eigenvalue weighted by atomic mass is 10.0. The molecule has 12 heavy (non-hydrogen) atoms. The first-order valence-corrected chi connectivity index (χ1v) is 6.28. The summed E-state index contributed by atoms with van der Waals surface area (Å²) in [5.74, 6) is 0. The van der Waals surface area contributed by atoms with Gasteiger partial charge in [-0.1, -0.05) is 19.3 Å². The van der Waals surface area contributed by atoms with E-state index in [2.05, 4.69) is 17.1 Å². The molecule has 1 saturated heterocycles. The van der Waals surface area contributed by atoms with Crippen LogP contribution in [0.4, 0.5) is 0 Å². The van der Waals surface area contributed by atoms with Crippen molar-refractivity contribution in [3.05, 3.63) is 0 Å². The molecule has 70 valence electrons. The molecular formula is C10H19NS. The van der Waals surface area contributed by atoms with E-state index in [1.165, 1.54) is 51.5 Å². The minimum Gasteiger partial charge on any atom is -0.305 e. The van der Waals surface area contributed by atoms with Crippen molar-refractivity contribution in [2.45, 2.75) is 55.6 Å². The van der Waals surface area contributed by atoms with Crippen LogP contribution in [0.1, 0.15) is 44.9 Å². The summed E-state index contributed by atoms with van der Waals surface area (Å²) >= 11 is 2.22. The van der Waals surface area contributed by atoms with Crippen LogP contribution in [0.2, 0.25) is 0 Å². The van der Waals surface area contributed by atoms with Crippen molar-refractivity contribution < 1.29 is 0 Å². The lowest BCUT2D eigenvalue weighted by Crippen LogP contribution is -2.22. The first-order chi connectivity index (χ1) is 5.95. The molecule has 2 aliphatic rings. The highest BCUT2D eigenvalue weighted by Gasteiger charge is 2.21. The van der Waals surface area contributed by atoms with Crippen LogP contribution in [0.15, 0.2) is 0 Å². The molecule has 0 amide bonds. The smallest absolute Gasteiger partial charge is 0.0535 e. The molecule has 1 saturated carbocycles. The lowest BCUT2D eigenvalue weighted by molar-refractivity contribution is 0.514. The first kappa shape index (κ1) is 8.89. The number of thioether (sulfide) groups is 1. The van der Waals surface area contributed by atoms with Crippen molar-refractivity contribution in [1.29, 1.82) is 0 Å². The zero-order valence-electron chi connectivity index (χ0n) is 7.72. The maximum atomic E-state index is 3.57. The van der Waals surface area contributed by atoms with E-state index in [9.17, 15) is 0 Å². The van der Waals surface area contributed by atoms with Gasteiger partial charge in [-0.25, -0.2) is 0 Å². The van der Waals surface area contributed by atoms with Gasteiger partial charge in [-0.15, -0.1) is 11.8 Å². The standard InChI is InChI=1S/C10H19NS/c1-2-5-9(6-3-1)12-10-7-4-8-11-10/h9-11H,1-8H2. The molecule has 2 rings (SSSR count). The van der Waals surface area contributed by atoms with Crippen LogP contribution in [-0.2, 0) is 0 Å². The van der Waals surface area contributed by atoms with E-state index in [1.807, 2.05) is 0 Å². The molecule has 0 spiro atoms. The SMILES string of the molecule is C1CCC(SC2CCCN2)CC1. The Morgan fingerprint density at radius 1 is 0.917 bits per heavy atom. The number of hydrogen-bond acceptors (Lipinski definition) is 2. The summed E-state index contributed by atoms with van der Waals surface area (Å²) in [4.78, 5) is 0. The average molecular weight is 185 g/mol. The van der Waals surface area contributed by atoms with Crippen molar-refractivity contribution >= 4 is 11.8 Å². The highest BCUT2D eigenvalue weighted by molar-refractivity contribution is 8.00. The summed E-state index contributed by atoms with van der Waals surface area (Å²) < 4.78 is 0. The van der Waals surface area contributed by atoms with E-state index in [-0.39, 0.29) is 0 Å². The molecule has 1 heterocycles.